The van der Waals surface area contributed by atoms with Gasteiger partial charge in [-0.2, -0.15) is 0 Å². The fourth-order valence-electron chi connectivity index (χ4n) is 3.38. The maximum atomic E-state index is 12.9. The Labute approximate surface area is 169 Å². The topological polar surface area (TPSA) is 108 Å². The third kappa shape index (κ3) is 5.07. The molecule has 2 unspecified atom stereocenters. The number of aliphatic imine (C=N–C) groups is 1. The first kappa shape index (κ1) is 22.3. The molecule has 0 amide bonds. The summed E-state index contributed by atoms with van der Waals surface area (Å²) in [5.41, 5.74) is 1.42. The second kappa shape index (κ2) is 8.98. The summed E-state index contributed by atoms with van der Waals surface area (Å²) in [6.45, 7) is 10.2. The first-order valence-corrected chi connectivity index (χ1v) is 9.44. The van der Waals surface area contributed by atoms with E-state index in [9.17, 15) is 19.7 Å². The van der Waals surface area contributed by atoms with E-state index < -0.39 is 28.7 Å². The number of carbonyl (C=O) groups is 2. The lowest BCUT2D eigenvalue weighted by Gasteiger charge is -2.32. The second-order valence-electron chi connectivity index (χ2n) is 7.50. The van der Waals surface area contributed by atoms with E-state index in [-0.39, 0.29) is 23.5 Å². The molecule has 0 spiro atoms. The molecule has 0 N–H and O–H groups in total. The number of esters is 2. The van der Waals surface area contributed by atoms with Crippen LogP contribution in [0.25, 0.3) is 0 Å². The minimum absolute atomic E-state index is 0.132. The Morgan fingerprint density at radius 2 is 1.72 bits per heavy atom. The molecule has 2 rings (SSSR count). The quantitative estimate of drug-likeness (QED) is 0.405. The molecule has 8 heteroatoms. The number of ether oxygens (including phenoxy) is 2. The number of allylic oxidation sites excluding steroid dienone is 1. The molecule has 0 radical (unpaired) electrons. The van der Waals surface area contributed by atoms with Crippen LogP contribution in [0, 0.1) is 16.0 Å². The summed E-state index contributed by atoms with van der Waals surface area (Å²) in [4.78, 5) is 40.9. The lowest BCUT2D eigenvalue weighted by atomic mass is 9.75. The Balaban J connectivity index is 2.67. The van der Waals surface area contributed by atoms with Crippen molar-refractivity contribution in [3.8, 4) is 0 Å². The number of nitro benzene ring substituents is 1. The first-order valence-electron chi connectivity index (χ1n) is 9.44. The Bertz CT molecular complexity index is 885. The summed E-state index contributed by atoms with van der Waals surface area (Å²) in [6, 6.07) is 5.91. The molecule has 1 heterocycles. The molecule has 1 aromatic rings. The van der Waals surface area contributed by atoms with E-state index in [4.69, 9.17) is 9.47 Å². The standard InChI is InChI=1S/C21H26N2O6/c1-11(2)28-20(24)17-13(5)22-14(6)18(21(25)29-12(3)4)19(17)15-8-7-9-16(10-15)23(26)27/h7-12,17,19H,1-6H3. The molecule has 0 saturated carbocycles. The van der Waals surface area contributed by atoms with E-state index in [0.717, 1.165) is 0 Å². The normalized spacial score (nSPS) is 19.2. The zero-order chi connectivity index (χ0) is 21.9. The van der Waals surface area contributed by atoms with Crippen molar-refractivity contribution in [1.82, 2.24) is 0 Å². The van der Waals surface area contributed by atoms with Gasteiger partial charge in [0.15, 0.2) is 0 Å². The van der Waals surface area contributed by atoms with Crippen LogP contribution in [0.2, 0.25) is 0 Å². The van der Waals surface area contributed by atoms with Crippen molar-refractivity contribution in [1.29, 1.82) is 0 Å². The molecule has 1 aliphatic rings. The predicted octanol–water partition coefficient (Wildman–Crippen LogP) is 3.95. The molecule has 1 aliphatic heterocycles. The van der Waals surface area contributed by atoms with Crippen molar-refractivity contribution in [3.05, 3.63) is 51.2 Å². The smallest absolute Gasteiger partial charge is 0.336 e. The number of hydrogen-bond acceptors (Lipinski definition) is 7. The van der Waals surface area contributed by atoms with Gasteiger partial charge in [0.25, 0.3) is 5.69 Å². The highest BCUT2D eigenvalue weighted by atomic mass is 16.6. The Morgan fingerprint density at radius 3 is 2.28 bits per heavy atom. The van der Waals surface area contributed by atoms with Gasteiger partial charge in [0.2, 0.25) is 0 Å². The molecule has 0 aliphatic carbocycles. The van der Waals surface area contributed by atoms with Gasteiger partial charge in [0, 0.05) is 29.5 Å². The predicted molar refractivity (Wildman–Crippen MR) is 108 cm³/mol. The van der Waals surface area contributed by atoms with Crippen LogP contribution in [0.5, 0.6) is 0 Å². The molecule has 0 fully saturated rings. The summed E-state index contributed by atoms with van der Waals surface area (Å²) < 4.78 is 10.8. The zero-order valence-corrected chi connectivity index (χ0v) is 17.5. The molecule has 0 saturated heterocycles. The fourth-order valence-corrected chi connectivity index (χ4v) is 3.38. The number of rotatable bonds is 6. The minimum atomic E-state index is -0.891. The average molecular weight is 402 g/mol. The SMILES string of the molecule is CC1=NC(C)=C(C(=O)OC(C)C)C(c2cccc([N+](=O)[O-])c2)C1C(=O)OC(C)C. The minimum Gasteiger partial charge on any atom is -0.462 e. The van der Waals surface area contributed by atoms with Crippen LogP contribution in [-0.2, 0) is 19.1 Å². The van der Waals surface area contributed by atoms with E-state index in [1.54, 1.807) is 47.6 Å². The first-order chi connectivity index (χ1) is 13.5. The highest BCUT2D eigenvalue weighted by molar-refractivity contribution is 6.07. The van der Waals surface area contributed by atoms with Crippen molar-refractivity contribution in [2.45, 2.75) is 59.7 Å². The zero-order valence-electron chi connectivity index (χ0n) is 17.5. The van der Waals surface area contributed by atoms with E-state index in [1.807, 2.05) is 0 Å². The van der Waals surface area contributed by atoms with Crippen LogP contribution in [0.4, 0.5) is 5.69 Å². The van der Waals surface area contributed by atoms with E-state index >= 15 is 0 Å². The molecule has 29 heavy (non-hydrogen) atoms. The summed E-state index contributed by atoms with van der Waals surface area (Å²) >= 11 is 0. The van der Waals surface area contributed by atoms with Gasteiger partial charge < -0.3 is 9.47 Å². The lowest BCUT2D eigenvalue weighted by Crippen LogP contribution is -2.37. The van der Waals surface area contributed by atoms with E-state index in [2.05, 4.69) is 4.99 Å². The van der Waals surface area contributed by atoms with E-state index in [1.165, 1.54) is 18.2 Å². The summed E-state index contributed by atoms with van der Waals surface area (Å²) in [7, 11) is 0. The third-order valence-electron chi connectivity index (χ3n) is 4.44. The lowest BCUT2D eigenvalue weighted by molar-refractivity contribution is -0.384. The molecule has 2 atom stereocenters. The number of non-ortho nitro benzene ring substituents is 1. The van der Waals surface area contributed by atoms with Gasteiger partial charge in [-0.25, -0.2) is 4.79 Å². The number of carbonyl (C=O) groups excluding carboxylic acids is 2. The van der Waals surface area contributed by atoms with Crippen LogP contribution in [0.15, 0.2) is 40.5 Å². The number of nitrogens with zero attached hydrogens (tertiary/aromatic N) is 2. The second-order valence-corrected chi connectivity index (χ2v) is 7.50. The number of benzene rings is 1. The highest BCUT2D eigenvalue weighted by Crippen LogP contribution is 2.41. The van der Waals surface area contributed by atoms with Crippen molar-refractivity contribution < 1.29 is 24.0 Å². The van der Waals surface area contributed by atoms with Gasteiger partial charge in [-0.05, 0) is 47.1 Å². The Hall–Kier alpha value is -3.03. The highest BCUT2D eigenvalue weighted by Gasteiger charge is 2.43. The van der Waals surface area contributed by atoms with Crippen molar-refractivity contribution in [2.75, 3.05) is 0 Å². The summed E-state index contributed by atoms with van der Waals surface area (Å²) in [5.74, 6) is -2.84. The number of nitro groups is 1. The van der Waals surface area contributed by atoms with Gasteiger partial charge in [0.1, 0.15) is 5.92 Å². The van der Waals surface area contributed by atoms with Crippen molar-refractivity contribution >= 4 is 23.3 Å². The molecule has 0 aromatic heterocycles. The molecule has 8 nitrogen and oxygen atoms in total. The van der Waals surface area contributed by atoms with Crippen molar-refractivity contribution in [2.24, 2.45) is 10.9 Å². The van der Waals surface area contributed by atoms with Crippen LogP contribution in [-0.4, -0.2) is 34.8 Å². The summed E-state index contributed by atoms with van der Waals surface area (Å²) in [5, 5.41) is 11.3. The molecular weight excluding hydrogens is 376 g/mol. The largest absolute Gasteiger partial charge is 0.462 e. The molecular formula is C21H26N2O6. The fraction of sp³-hybridized carbons (Fsp3) is 0.476. The van der Waals surface area contributed by atoms with Gasteiger partial charge in [-0.15, -0.1) is 0 Å². The average Bonchev–Trinajstić information content (AvgIpc) is 2.59. The molecule has 0 bridgehead atoms. The van der Waals surface area contributed by atoms with Crippen LogP contribution in [0.1, 0.15) is 53.0 Å². The van der Waals surface area contributed by atoms with Crippen LogP contribution < -0.4 is 0 Å². The molecule has 1 aromatic carbocycles. The van der Waals surface area contributed by atoms with Gasteiger partial charge in [0.05, 0.1) is 22.7 Å². The summed E-state index contributed by atoms with van der Waals surface area (Å²) in [6.07, 6.45) is -0.735. The monoisotopic (exact) mass is 402 g/mol. The van der Waals surface area contributed by atoms with Gasteiger partial charge >= 0.3 is 11.9 Å². The Kier molecular flexibility index (Phi) is 6.89. The van der Waals surface area contributed by atoms with Crippen molar-refractivity contribution in [3.63, 3.8) is 0 Å². The maximum Gasteiger partial charge on any atom is 0.336 e. The van der Waals surface area contributed by atoms with Gasteiger partial charge in [-0.3, -0.25) is 19.9 Å². The Morgan fingerprint density at radius 1 is 1.10 bits per heavy atom. The number of hydrogen-bond donors (Lipinski definition) is 0. The van der Waals surface area contributed by atoms with E-state index in [0.29, 0.717) is 17.0 Å². The third-order valence-corrected chi connectivity index (χ3v) is 4.44. The van der Waals surface area contributed by atoms with Gasteiger partial charge in [-0.1, -0.05) is 12.1 Å². The van der Waals surface area contributed by atoms with Crippen LogP contribution in [0.3, 0.4) is 0 Å². The molecule has 156 valence electrons. The van der Waals surface area contributed by atoms with Crippen LogP contribution >= 0.6 is 0 Å². The maximum absolute atomic E-state index is 12.9.